The lowest BCUT2D eigenvalue weighted by Gasteiger charge is -2.22. The molecule has 0 aromatic heterocycles. The van der Waals surface area contributed by atoms with Gasteiger partial charge in [-0.2, -0.15) is 0 Å². The molecule has 0 aliphatic heterocycles. The molecule has 0 radical (unpaired) electrons. The lowest BCUT2D eigenvalue weighted by Crippen LogP contribution is -2.20. The smallest absolute Gasteiger partial charge is 0.163 e. The number of carbonyl (C=O) groups is 2. The van der Waals surface area contributed by atoms with Crippen LogP contribution < -0.4 is 0 Å². The van der Waals surface area contributed by atoms with Gasteiger partial charge in [0.25, 0.3) is 0 Å². The average molecular weight is 371 g/mol. The Morgan fingerprint density at radius 1 is 1.09 bits per heavy atom. The van der Waals surface area contributed by atoms with Crippen LogP contribution in [0.3, 0.4) is 0 Å². The lowest BCUT2D eigenvalue weighted by molar-refractivity contribution is -0.121. The van der Waals surface area contributed by atoms with Crippen molar-refractivity contribution < 1.29 is 9.59 Å². The van der Waals surface area contributed by atoms with Gasteiger partial charge in [0.1, 0.15) is 5.78 Å². The molecule has 2 nitrogen and oxygen atoms in total. The van der Waals surface area contributed by atoms with E-state index in [1.54, 1.807) is 0 Å². The highest BCUT2D eigenvalue weighted by molar-refractivity contribution is 9.10. The molecule has 0 bridgehead atoms. The largest absolute Gasteiger partial charge is 0.299 e. The number of halogens is 1. The summed E-state index contributed by atoms with van der Waals surface area (Å²) in [4.78, 5) is 24.9. The van der Waals surface area contributed by atoms with Crippen molar-refractivity contribution >= 4 is 27.5 Å². The van der Waals surface area contributed by atoms with Crippen LogP contribution in [-0.2, 0) is 4.79 Å². The van der Waals surface area contributed by atoms with Gasteiger partial charge in [0.2, 0.25) is 0 Å². The molecular formula is C20H19BrO2. The van der Waals surface area contributed by atoms with Crippen LogP contribution in [0.4, 0.5) is 0 Å². The molecule has 0 N–H and O–H groups in total. The SMILES string of the molecule is O=C(C[C@@H](c1ccccc1)[C@H]1CCCC1=O)c1ccc(Br)cc1. The van der Waals surface area contributed by atoms with Crippen LogP contribution >= 0.6 is 15.9 Å². The highest BCUT2D eigenvalue weighted by Crippen LogP contribution is 2.38. The second kappa shape index (κ2) is 7.22. The molecule has 1 saturated carbocycles. The molecule has 0 heterocycles. The van der Waals surface area contributed by atoms with Crippen molar-refractivity contribution in [3.05, 3.63) is 70.2 Å². The molecule has 2 atom stereocenters. The zero-order valence-electron chi connectivity index (χ0n) is 12.9. The number of rotatable bonds is 5. The van der Waals surface area contributed by atoms with Crippen LogP contribution in [0.15, 0.2) is 59.1 Å². The zero-order valence-corrected chi connectivity index (χ0v) is 14.5. The van der Waals surface area contributed by atoms with Crippen molar-refractivity contribution in [2.24, 2.45) is 5.92 Å². The summed E-state index contributed by atoms with van der Waals surface area (Å²) >= 11 is 3.39. The van der Waals surface area contributed by atoms with Gasteiger partial charge >= 0.3 is 0 Å². The Morgan fingerprint density at radius 2 is 1.78 bits per heavy atom. The number of carbonyl (C=O) groups excluding carboxylic acids is 2. The molecular weight excluding hydrogens is 352 g/mol. The number of Topliss-reactive ketones (excluding diaryl/α,β-unsaturated/α-hetero) is 2. The second-order valence-corrected chi connectivity index (χ2v) is 7.03. The van der Waals surface area contributed by atoms with Gasteiger partial charge in [-0.3, -0.25) is 9.59 Å². The van der Waals surface area contributed by atoms with Gasteiger partial charge in [0.05, 0.1) is 0 Å². The predicted molar refractivity (Wildman–Crippen MR) is 94.6 cm³/mol. The molecule has 1 fully saturated rings. The molecule has 1 aliphatic carbocycles. The lowest BCUT2D eigenvalue weighted by atomic mass is 9.80. The van der Waals surface area contributed by atoms with E-state index in [0.29, 0.717) is 24.2 Å². The molecule has 2 aromatic carbocycles. The first-order valence-corrected chi connectivity index (χ1v) is 8.81. The Balaban J connectivity index is 1.85. The van der Waals surface area contributed by atoms with Crippen LogP contribution in [0.5, 0.6) is 0 Å². The molecule has 3 rings (SSSR count). The maximum absolute atomic E-state index is 12.7. The first-order valence-electron chi connectivity index (χ1n) is 8.01. The Labute approximate surface area is 145 Å². The number of ketones is 2. The molecule has 2 aromatic rings. The van der Waals surface area contributed by atoms with Crippen molar-refractivity contribution in [1.29, 1.82) is 0 Å². The van der Waals surface area contributed by atoms with Crippen molar-refractivity contribution in [1.82, 2.24) is 0 Å². The van der Waals surface area contributed by atoms with Crippen LogP contribution in [0.1, 0.15) is 47.5 Å². The fourth-order valence-corrected chi connectivity index (χ4v) is 3.68. The summed E-state index contributed by atoms with van der Waals surface area (Å²) < 4.78 is 0.958. The highest BCUT2D eigenvalue weighted by atomic mass is 79.9. The quantitative estimate of drug-likeness (QED) is 0.679. The van der Waals surface area contributed by atoms with Crippen LogP contribution in [0, 0.1) is 5.92 Å². The second-order valence-electron chi connectivity index (χ2n) is 6.12. The minimum absolute atomic E-state index is 0.0117. The summed E-state index contributed by atoms with van der Waals surface area (Å²) in [7, 11) is 0. The van der Waals surface area contributed by atoms with Crippen LogP contribution in [0.2, 0.25) is 0 Å². The third kappa shape index (κ3) is 3.78. The fraction of sp³-hybridized carbons (Fsp3) is 0.300. The summed E-state index contributed by atoms with van der Waals surface area (Å²) in [6.45, 7) is 0. The number of hydrogen-bond donors (Lipinski definition) is 0. The zero-order chi connectivity index (χ0) is 16.2. The molecule has 118 valence electrons. The van der Waals surface area contributed by atoms with E-state index in [0.717, 1.165) is 22.9 Å². The van der Waals surface area contributed by atoms with Gasteiger partial charge in [-0.1, -0.05) is 58.4 Å². The van der Waals surface area contributed by atoms with Gasteiger partial charge in [0.15, 0.2) is 5.78 Å². The number of benzene rings is 2. The van der Waals surface area contributed by atoms with E-state index in [1.165, 1.54) is 0 Å². The first kappa shape index (κ1) is 16.1. The van der Waals surface area contributed by atoms with Gasteiger partial charge in [-0.25, -0.2) is 0 Å². The molecule has 3 heteroatoms. The van der Waals surface area contributed by atoms with E-state index in [4.69, 9.17) is 0 Å². The van der Waals surface area contributed by atoms with Gasteiger partial charge < -0.3 is 0 Å². The van der Waals surface area contributed by atoms with Crippen molar-refractivity contribution in [2.45, 2.75) is 31.6 Å². The standard InChI is InChI=1S/C20H19BrO2/c21-16-11-9-15(10-12-16)20(23)13-18(14-5-2-1-3-6-14)17-7-4-8-19(17)22/h1-3,5-6,9-12,17-18H,4,7-8,13H2/t17-,18+/m1/s1. The molecule has 0 saturated heterocycles. The summed E-state index contributed by atoms with van der Waals surface area (Å²) in [5, 5.41) is 0. The third-order valence-corrected chi connectivity index (χ3v) is 5.17. The Morgan fingerprint density at radius 3 is 2.39 bits per heavy atom. The summed E-state index contributed by atoms with van der Waals surface area (Å²) in [6.07, 6.45) is 2.88. The van der Waals surface area contributed by atoms with Crippen LogP contribution in [0.25, 0.3) is 0 Å². The maximum atomic E-state index is 12.7. The summed E-state index contributed by atoms with van der Waals surface area (Å²) in [6, 6.07) is 17.4. The molecule has 0 spiro atoms. The highest BCUT2D eigenvalue weighted by Gasteiger charge is 2.34. The summed E-state index contributed by atoms with van der Waals surface area (Å²) in [5.74, 6) is 0.382. The monoisotopic (exact) mass is 370 g/mol. The van der Waals surface area contributed by atoms with Gasteiger partial charge in [0, 0.05) is 34.7 Å². The third-order valence-electron chi connectivity index (χ3n) is 4.64. The normalized spacial score (nSPS) is 18.8. The van der Waals surface area contributed by atoms with E-state index in [1.807, 2.05) is 54.6 Å². The minimum atomic E-state index is -0.0169. The maximum Gasteiger partial charge on any atom is 0.163 e. The average Bonchev–Trinajstić information content (AvgIpc) is 2.99. The van der Waals surface area contributed by atoms with Crippen molar-refractivity contribution in [3.8, 4) is 0 Å². The topological polar surface area (TPSA) is 34.1 Å². The van der Waals surface area contributed by atoms with E-state index in [2.05, 4.69) is 15.9 Å². The Kier molecular flexibility index (Phi) is 5.06. The van der Waals surface area contributed by atoms with Gasteiger partial charge in [-0.15, -0.1) is 0 Å². The molecule has 0 amide bonds. The van der Waals surface area contributed by atoms with Gasteiger partial charge in [-0.05, 0) is 30.5 Å². The molecule has 0 unspecified atom stereocenters. The fourth-order valence-electron chi connectivity index (χ4n) is 3.41. The van der Waals surface area contributed by atoms with Crippen molar-refractivity contribution in [3.63, 3.8) is 0 Å². The Bertz CT molecular complexity index is 691. The minimum Gasteiger partial charge on any atom is -0.299 e. The number of hydrogen-bond acceptors (Lipinski definition) is 2. The first-order chi connectivity index (χ1) is 11.1. The van der Waals surface area contributed by atoms with E-state index in [-0.39, 0.29) is 17.6 Å². The molecule has 1 aliphatic rings. The van der Waals surface area contributed by atoms with E-state index < -0.39 is 0 Å². The summed E-state index contributed by atoms with van der Waals surface area (Å²) in [5.41, 5.74) is 1.80. The van der Waals surface area contributed by atoms with Crippen LogP contribution in [-0.4, -0.2) is 11.6 Å². The Hall–Kier alpha value is -1.74. The van der Waals surface area contributed by atoms with E-state index >= 15 is 0 Å². The predicted octanol–water partition coefficient (Wildman–Crippen LogP) is 5.17. The van der Waals surface area contributed by atoms with Crippen molar-refractivity contribution in [2.75, 3.05) is 0 Å². The van der Waals surface area contributed by atoms with E-state index in [9.17, 15) is 9.59 Å². The molecule has 23 heavy (non-hydrogen) atoms.